The molecule has 88 valence electrons. The van der Waals surface area contributed by atoms with E-state index >= 15 is 0 Å². The lowest BCUT2D eigenvalue weighted by atomic mass is 9.97. The van der Waals surface area contributed by atoms with Gasteiger partial charge in [0.15, 0.2) is 11.6 Å². The van der Waals surface area contributed by atoms with Crippen molar-refractivity contribution in [3.05, 3.63) is 29.3 Å². The van der Waals surface area contributed by atoms with Gasteiger partial charge in [0.05, 0.1) is 7.11 Å². The van der Waals surface area contributed by atoms with E-state index < -0.39 is 11.6 Å². The fourth-order valence-corrected chi connectivity index (χ4v) is 2.91. The number of halogens is 3. The summed E-state index contributed by atoms with van der Waals surface area (Å²) in [7, 11) is 1.35. The van der Waals surface area contributed by atoms with Gasteiger partial charge < -0.3 is 4.74 Å². The lowest BCUT2D eigenvalue weighted by Gasteiger charge is -2.12. The van der Waals surface area contributed by atoms with Gasteiger partial charge >= 0.3 is 0 Å². The molecule has 1 fully saturated rings. The molecule has 0 spiro atoms. The zero-order chi connectivity index (χ0) is 11.7. The smallest absolute Gasteiger partial charge is 0.200 e. The molecule has 0 heterocycles. The average molecular weight is 291 g/mol. The summed E-state index contributed by atoms with van der Waals surface area (Å²) in [5.41, 5.74) is 0.831. The van der Waals surface area contributed by atoms with Crippen molar-refractivity contribution < 1.29 is 13.5 Å². The molecule has 1 aromatic rings. The van der Waals surface area contributed by atoms with Gasteiger partial charge in [0.1, 0.15) is 0 Å². The highest BCUT2D eigenvalue weighted by Gasteiger charge is 2.25. The van der Waals surface area contributed by atoms with Crippen molar-refractivity contribution in [1.82, 2.24) is 0 Å². The summed E-state index contributed by atoms with van der Waals surface area (Å²) in [6.07, 6.45) is 3.05. The molecule has 2 rings (SSSR count). The van der Waals surface area contributed by atoms with E-state index in [0.717, 1.165) is 24.8 Å². The van der Waals surface area contributed by atoms with Crippen LogP contribution in [0.15, 0.2) is 12.1 Å². The summed E-state index contributed by atoms with van der Waals surface area (Å²) in [5.74, 6) is -1.44. The van der Waals surface area contributed by atoms with Gasteiger partial charge in [-0.1, -0.05) is 15.9 Å². The van der Waals surface area contributed by atoms with E-state index in [-0.39, 0.29) is 5.75 Å². The average Bonchev–Trinajstić information content (AvgIpc) is 2.69. The van der Waals surface area contributed by atoms with Crippen LogP contribution in [-0.4, -0.2) is 11.9 Å². The molecule has 0 bridgehead atoms. The van der Waals surface area contributed by atoms with Gasteiger partial charge in [-0.05, 0) is 42.9 Å². The van der Waals surface area contributed by atoms with Crippen LogP contribution in [0.1, 0.15) is 30.7 Å². The molecule has 1 aliphatic rings. The number of methoxy groups -OCH3 is 1. The highest BCUT2D eigenvalue weighted by molar-refractivity contribution is 9.09. The number of hydrogen-bond acceptors (Lipinski definition) is 1. The second-order valence-corrected chi connectivity index (χ2v) is 5.42. The maximum atomic E-state index is 13.3. The van der Waals surface area contributed by atoms with Crippen LogP contribution in [0.3, 0.4) is 0 Å². The minimum atomic E-state index is -0.903. The first-order valence-electron chi connectivity index (χ1n) is 5.28. The molecule has 0 N–H and O–H groups in total. The van der Waals surface area contributed by atoms with E-state index in [1.54, 1.807) is 6.07 Å². The largest absolute Gasteiger partial charge is 0.494 e. The predicted molar refractivity (Wildman–Crippen MR) is 62.2 cm³/mol. The van der Waals surface area contributed by atoms with Gasteiger partial charge in [0.2, 0.25) is 5.82 Å². The topological polar surface area (TPSA) is 9.23 Å². The molecule has 4 heteroatoms. The molecular formula is C12H13BrF2O. The monoisotopic (exact) mass is 290 g/mol. The predicted octanol–water partition coefficient (Wildman–Crippen LogP) is 4.00. The van der Waals surface area contributed by atoms with Gasteiger partial charge in [-0.15, -0.1) is 0 Å². The minimum absolute atomic E-state index is 0.00646. The highest BCUT2D eigenvalue weighted by Crippen LogP contribution is 2.39. The van der Waals surface area contributed by atoms with Gasteiger partial charge in [-0.2, -0.15) is 4.39 Å². The molecule has 2 atom stereocenters. The van der Waals surface area contributed by atoms with E-state index in [2.05, 4.69) is 15.9 Å². The molecule has 0 amide bonds. The lowest BCUT2D eigenvalue weighted by molar-refractivity contribution is 0.370. The van der Waals surface area contributed by atoms with E-state index in [1.807, 2.05) is 0 Å². The second-order valence-electron chi connectivity index (χ2n) is 4.13. The van der Waals surface area contributed by atoms with Crippen molar-refractivity contribution in [3.63, 3.8) is 0 Å². The third-order valence-electron chi connectivity index (χ3n) is 3.08. The summed E-state index contributed by atoms with van der Waals surface area (Å²) < 4.78 is 31.4. The molecule has 1 saturated carbocycles. The summed E-state index contributed by atoms with van der Waals surface area (Å²) in [6.45, 7) is 0. The van der Waals surface area contributed by atoms with Gasteiger partial charge in [0, 0.05) is 4.83 Å². The number of benzene rings is 1. The molecule has 0 aliphatic heterocycles. The van der Waals surface area contributed by atoms with Gasteiger partial charge in [-0.25, -0.2) is 4.39 Å². The maximum absolute atomic E-state index is 13.3. The Morgan fingerprint density at radius 1 is 1.31 bits per heavy atom. The van der Waals surface area contributed by atoms with Crippen LogP contribution in [0.4, 0.5) is 8.78 Å². The van der Waals surface area contributed by atoms with Crippen LogP contribution < -0.4 is 4.74 Å². The molecule has 16 heavy (non-hydrogen) atoms. The maximum Gasteiger partial charge on any atom is 0.200 e. The van der Waals surface area contributed by atoms with Crippen molar-refractivity contribution >= 4 is 15.9 Å². The summed E-state index contributed by atoms with van der Waals surface area (Å²) in [6, 6.07) is 2.89. The molecule has 0 saturated heterocycles. The zero-order valence-corrected chi connectivity index (χ0v) is 10.6. The molecule has 2 unspecified atom stereocenters. The third kappa shape index (κ3) is 2.21. The van der Waals surface area contributed by atoms with Crippen molar-refractivity contribution in [3.8, 4) is 5.75 Å². The first-order valence-corrected chi connectivity index (χ1v) is 6.20. The van der Waals surface area contributed by atoms with E-state index in [1.165, 1.54) is 13.2 Å². The van der Waals surface area contributed by atoms with Crippen LogP contribution in [0.5, 0.6) is 5.75 Å². The first-order chi connectivity index (χ1) is 7.61. The van der Waals surface area contributed by atoms with Gasteiger partial charge in [-0.3, -0.25) is 0 Å². The van der Waals surface area contributed by atoms with Crippen molar-refractivity contribution in [2.24, 2.45) is 0 Å². The Kier molecular flexibility index (Phi) is 3.47. The van der Waals surface area contributed by atoms with Crippen LogP contribution in [0.2, 0.25) is 0 Å². The van der Waals surface area contributed by atoms with Gasteiger partial charge in [0.25, 0.3) is 0 Å². The minimum Gasteiger partial charge on any atom is -0.494 e. The van der Waals surface area contributed by atoms with Crippen LogP contribution in [-0.2, 0) is 0 Å². The number of alkyl halides is 1. The fourth-order valence-electron chi connectivity index (χ4n) is 2.20. The van der Waals surface area contributed by atoms with Crippen molar-refractivity contribution in [2.45, 2.75) is 30.0 Å². The van der Waals surface area contributed by atoms with Crippen LogP contribution in [0, 0.1) is 11.6 Å². The Labute approximate surface area is 102 Å². The SMILES string of the molecule is COc1cc(C2CCC(Br)C2)cc(F)c1F. The van der Waals surface area contributed by atoms with Crippen molar-refractivity contribution in [2.75, 3.05) is 7.11 Å². The Hall–Kier alpha value is -0.640. The summed E-state index contributed by atoms with van der Waals surface area (Å²) in [4.78, 5) is 0.483. The van der Waals surface area contributed by atoms with E-state index in [0.29, 0.717) is 10.7 Å². The fraction of sp³-hybridized carbons (Fsp3) is 0.500. The molecule has 1 aliphatic carbocycles. The standard InChI is InChI=1S/C12H13BrF2O/c1-16-11-6-8(5-10(14)12(11)15)7-2-3-9(13)4-7/h5-7,9H,2-4H2,1H3. The summed E-state index contributed by atoms with van der Waals surface area (Å²) >= 11 is 3.55. The molecular weight excluding hydrogens is 278 g/mol. The Morgan fingerprint density at radius 3 is 2.62 bits per heavy atom. The quantitative estimate of drug-likeness (QED) is 0.748. The van der Waals surface area contributed by atoms with Crippen molar-refractivity contribution in [1.29, 1.82) is 0 Å². The zero-order valence-electron chi connectivity index (χ0n) is 8.97. The van der Waals surface area contributed by atoms with Crippen LogP contribution in [0.25, 0.3) is 0 Å². The van der Waals surface area contributed by atoms with E-state index in [4.69, 9.17) is 4.74 Å². The Balaban J connectivity index is 2.31. The number of ether oxygens (including phenoxy) is 1. The third-order valence-corrected chi connectivity index (χ3v) is 3.91. The van der Waals surface area contributed by atoms with Crippen LogP contribution >= 0.6 is 15.9 Å². The Morgan fingerprint density at radius 2 is 2.06 bits per heavy atom. The molecule has 0 radical (unpaired) electrons. The second kappa shape index (κ2) is 4.70. The van der Waals surface area contributed by atoms with E-state index in [9.17, 15) is 8.78 Å². The lowest BCUT2D eigenvalue weighted by Crippen LogP contribution is -1.99. The normalized spacial score (nSPS) is 24.8. The molecule has 1 nitrogen and oxygen atoms in total. The number of rotatable bonds is 2. The first kappa shape index (κ1) is 11.8. The number of hydrogen-bond donors (Lipinski definition) is 0. The molecule has 0 aromatic heterocycles. The Bertz CT molecular complexity index is 395. The summed E-state index contributed by atoms with van der Waals surface area (Å²) in [5, 5.41) is 0. The molecule has 1 aromatic carbocycles. The highest BCUT2D eigenvalue weighted by atomic mass is 79.9.